The smallest absolute Gasteiger partial charge is 0.315 e. The number of carbonyl (C=O) groups is 1. The number of amides is 2. The number of rotatable bonds is 8. The Bertz CT molecular complexity index is 614. The molecule has 2 amide bonds. The average Bonchev–Trinajstić information content (AvgIpc) is 2.63. The normalized spacial score (nSPS) is 11.8. The summed E-state index contributed by atoms with van der Waals surface area (Å²) in [5, 5.41) is 14.8. The van der Waals surface area contributed by atoms with E-state index in [0.717, 1.165) is 23.1 Å². The zero-order valence-corrected chi connectivity index (χ0v) is 13.9. The van der Waals surface area contributed by atoms with Gasteiger partial charge >= 0.3 is 6.03 Å². The van der Waals surface area contributed by atoms with E-state index in [2.05, 4.69) is 10.6 Å². The first-order chi connectivity index (χ1) is 11.7. The zero-order chi connectivity index (χ0) is 17.2. The van der Waals surface area contributed by atoms with Gasteiger partial charge in [0, 0.05) is 13.7 Å². The topological polar surface area (TPSA) is 70.6 Å². The third-order valence-corrected chi connectivity index (χ3v) is 3.75. The number of urea groups is 1. The molecule has 0 spiro atoms. The Labute approximate surface area is 142 Å². The Balaban J connectivity index is 1.80. The van der Waals surface area contributed by atoms with E-state index in [0.29, 0.717) is 13.2 Å². The molecule has 0 saturated heterocycles. The summed E-state index contributed by atoms with van der Waals surface area (Å²) in [5.41, 5.74) is 3.01. The Morgan fingerprint density at radius 1 is 1.08 bits per heavy atom. The summed E-state index contributed by atoms with van der Waals surface area (Å²) in [5.74, 6) is 0. The van der Waals surface area contributed by atoms with Crippen molar-refractivity contribution in [3.63, 3.8) is 0 Å². The Kier molecular flexibility index (Phi) is 7.26. The van der Waals surface area contributed by atoms with Crippen LogP contribution < -0.4 is 10.6 Å². The molecule has 2 rings (SSSR count). The SMILES string of the molecule is COCC(NC(=O)NCCc1ccc(CO)cc1)c1ccccc1. The van der Waals surface area contributed by atoms with Crippen molar-refractivity contribution in [3.8, 4) is 0 Å². The van der Waals surface area contributed by atoms with Crippen LogP contribution in [0.15, 0.2) is 54.6 Å². The molecule has 5 nitrogen and oxygen atoms in total. The van der Waals surface area contributed by atoms with Gasteiger partial charge in [0.05, 0.1) is 19.3 Å². The number of benzene rings is 2. The fourth-order valence-corrected chi connectivity index (χ4v) is 2.41. The zero-order valence-electron chi connectivity index (χ0n) is 13.9. The molecule has 0 aromatic heterocycles. The summed E-state index contributed by atoms with van der Waals surface area (Å²) in [6, 6.07) is 17.0. The summed E-state index contributed by atoms with van der Waals surface area (Å²) < 4.78 is 5.19. The fraction of sp³-hybridized carbons (Fsp3) is 0.316. The van der Waals surface area contributed by atoms with Crippen LogP contribution in [0.5, 0.6) is 0 Å². The quantitative estimate of drug-likeness (QED) is 0.697. The fourth-order valence-electron chi connectivity index (χ4n) is 2.41. The number of aliphatic hydroxyl groups is 1. The summed E-state index contributed by atoms with van der Waals surface area (Å²) in [4.78, 5) is 12.1. The molecule has 2 aromatic carbocycles. The molecule has 0 aliphatic rings. The van der Waals surface area contributed by atoms with Crippen molar-refractivity contribution in [2.75, 3.05) is 20.3 Å². The second-order valence-corrected chi connectivity index (χ2v) is 5.54. The van der Waals surface area contributed by atoms with E-state index in [-0.39, 0.29) is 18.7 Å². The van der Waals surface area contributed by atoms with Crippen molar-refractivity contribution < 1.29 is 14.6 Å². The molecular formula is C19H24N2O3. The molecular weight excluding hydrogens is 304 g/mol. The molecule has 0 aliphatic carbocycles. The van der Waals surface area contributed by atoms with Gasteiger partial charge in [-0.25, -0.2) is 4.79 Å². The van der Waals surface area contributed by atoms with Gasteiger partial charge in [-0.2, -0.15) is 0 Å². The molecule has 0 radical (unpaired) electrons. The predicted octanol–water partition coefficient (Wildman–Crippen LogP) is 2.41. The van der Waals surface area contributed by atoms with Crippen molar-refractivity contribution in [2.24, 2.45) is 0 Å². The van der Waals surface area contributed by atoms with E-state index < -0.39 is 0 Å². The lowest BCUT2D eigenvalue weighted by Crippen LogP contribution is -2.40. The largest absolute Gasteiger partial charge is 0.392 e. The highest BCUT2D eigenvalue weighted by atomic mass is 16.5. The summed E-state index contributed by atoms with van der Waals surface area (Å²) in [6.07, 6.45) is 0.736. The molecule has 128 valence electrons. The molecule has 24 heavy (non-hydrogen) atoms. The van der Waals surface area contributed by atoms with Gasteiger partial charge in [0.25, 0.3) is 0 Å². The molecule has 0 heterocycles. The minimum Gasteiger partial charge on any atom is -0.392 e. The van der Waals surface area contributed by atoms with Crippen LogP contribution in [0, 0.1) is 0 Å². The predicted molar refractivity (Wildman–Crippen MR) is 93.7 cm³/mol. The number of hydrogen-bond acceptors (Lipinski definition) is 3. The van der Waals surface area contributed by atoms with E-state index in [1.165, 1.54) is 0 Å². The van der Waals surface area contributed by atoms with Crippen LogP contribution in [0.4, 0.5) is 4.79 Å². The number of methoxy groups -OCH3 is 1. The van der Waals surface area contributed by atoms with E-state index in [1.807, 2.05) is 54.6 Å². The summed E-state index contributed by atoms with van der Waals surface area (Å²) in [7, 11) is 1.62. The number of ether oxygens (including phenoxy) is 1. The van der Waals surface area contributed by atoms with Crippen LogP contribution in [0.2, 0.25) is 0 Å². The highest BCUT2D eigenvalue weighted by Crippen LogP contribution is 2.12. The van der Waals surface area contributed by atoms with Crippen molar-refractivity contribution in [3.05, 3.63) is 71.3 Å². The van der Waals surface area contributed by atoms with Gasteiger partial charge in [-0.05, 0) is 23.1 Å². The Morgan fingerprint density at radius 2 is 1.75 bits per heavy atom. The number of nitrogens with one attached hydrogen (secondary N) is 2. The first-order valence-electron chi connectivity index (χ1n) is 8.00. The van der Waals surface area contributed by atoms with Crippen molar-refractivity contribution >= 4 is 6.03 Å². The maximum Gasteiger partial charge on any atom is 0.315 e. The van der Waals surface area contributed by atoms with E-state index in [1.54, 1.807) is 7.11 Å². The van der Waals surface area contributed by atoms with Crippen LogP contribution in [-0.2, 0) is 17.8 Å². The minimum atomic E-state index is -0.215. The first-order valence-corrected chi connectivity index (χ1v) is 8.00. The lowest BCUT2D eigenvalue weighted by Gasteiger charge is -2.18. The number of carbonyl (C=O) groups excluding carboxylic acids is 1. The second-order valence-electron chi connectivity index (χ2n) is 5.54. The van der Waals surface area contributed by atoms with E-state index >= 15 is 0 Å². The van der Waals surface area contributed by atoms with Crippen molar-refractivity contribution in [1.82, 2.24) is 10.6 Å². The third-order valence-electron chi connectivity index (χ3n) is 3.75. The summed E-state index contributed by atoms with van der Waals surface area (Å²) >= 11 is 0. The maximum absolute atomic E-state index is 12.1. The van der Waals surface area contributed by atoms with Crippen molar-refractivity contribution in [1.29, 1.82) is 0 Å². The van der Waals surface area contributed by atoms with Gasteiger partial charge in [0.2, 0.25) is 0 Å². The second kappa shape index (κ2) is 9.70. The Hall–Kier alpha value is -2.37. The number of hydrogen-bond donors (Lipinski definition) is 3. The molecule has 2 aromatic rings. The van der Waals surface area contributed by atoms with Gasteiger partial charge in [-0.15, -0.1) is 0 Å². The highest BCUT2D eigenvalue weighted by molar-refractivity contribution is 5.74. The summed E-state index contributed by atoms with van der Waals surface area (Å²) in [6.45, 7) is 1.00. The van der Waals surface area contributed by atoms with Gasteiger partial charge in [0.15, 0.2) is 0 Å². The third kappa shape index (κ3) is 5.68. The van der Waals surface area contributed by atoms with Crippen LogP contribution in [0.3, 0.4) is 0 Å². The molecule has 3 N–H and O–H groups in total. The molecule has 1 atom stereocenters. The van der Waals surface area contributed by atoms with E-state index in [4.69, 9.17) is 9.84 Å². The maximum atomic E-state index is 12.1. The van der Waals surface area contributed by atoms with Crippen molar-refractivity contribution in [2.45, 2.75) is 19.1 Å². The van der Waals surface area contributed by atoms with Crippen LogP contribution >= 0.6 is 0 Å². The molecule has 0 aliphatic heterocycles. The highest BCUT2D eigenvalue weighted by Gasteiger charge is 2.13. The monoisotopic (exact) mass is 328 g/mol. The van der Waals surface area contributed by atoms with Crippen LogP contribution in [0.25, 0.3) is 0 Å². The van der Waals surface area contributed by atoms with E-state index in [9.17, 15) is 4.79 Å². The lowest BCUT2D eigenvalue weighted by atomic mass is 10.1. The number of aliphatic hydroxyl groups excluding tert-OH is 1. The van der Waals surface area contributed by atoms with Crippen LogP contribution in [-0.4, -0.2) is 31.4 Å². The van der Waals surface area contributed by atoms with Gasteiger partial charge in [0.1, 0.15) is 0 Å². The molecule has 0 fully saturated rings. The van der Waals surface area contributed by atoms with Gasteiger partial charge in [-0.3, -0.25) is 0 Å². The molecule has 5 heteroatoms. The standard InChI is InChI=1S/C19H24N2O3/c1-24-14-18(17-5-3-2-4-6-17)21-19(23)20-12-11-15-7-9-16(13-22)10-8-15/h2-10,18,22H,11-14H2,1H3,(H2,20,21,23). The van der Waals surface area contributed by atoms with Gasteiger partial charge < -0.3 is 20.5 Å². The average molecular weight is 328 g/mol. The molecule has 1 unspecified atom stereocenters. The van der Waals surface area contributed by atoms with Gasteiger partial charge in [-0.1, -0.05) is 54.6 Å². The van der Waals surface area contributed by atoms with Crippen LogP contribution in [0.1, 0.15) is 22.7 Å². The minimum absolute atomic E-state index is 0.0430. The first kappa shape index (κ1) is 18.0. The molecule has 0 bridgehead atoms. The Morgan fingerprint density at radius 3 is 2.38 bits per heavy atom. The lowest BCUT2D eigenvalue weighted by molar-refractivity contribution is 0.166. The molecule has 0 saturated carbocycles.